The average Bonchev–Trinajstić information content (AvgIpc) is 3.04. The molecule has 17 heavy (non-hydrogen) atoms. The summed E-state index contributed by atoms with van der Waals surface area (Å²) in [5, 5.41) is 14.5. The van der Waals surface area contributed by atoms with Gasteiger partial charge >= 0.3 is 0 Å². The largest absolute Gasteiger partial charge is 0.387 e. The molecule has 1 unspecified atom stereocenters. The Morgan fingerprint density at radius 1 is 1.24 bits per heavy atom. The monoisotopic (exact) mass is 228 g/mol. The number of aliphatic hydroxyl groups is 1. The first kappa shape index (κ1) is 10.5. The van der Waals surface area contributed by atoms with Crippen molar-refractivity contribution in [3.05, 3.63) is 48.3 Å². The second-order valence-electron chi connectivity index (χ2n) is 4.70. The molecule has 0 aliphatic heterocycles. The lowest BCUT2D eigenvalue weighted by Crippen LogP contribution is -2.07. The molecule has 0 amide bonds. The van der Waals surface area contributed by atoms with Crippen molar-refractivity contribution in [1.29, 1.82) is 0 Å². The van der Waals surface area contributed by atoms with E-state index in [1.165, 1.54) is 12.8 Å². The summed E-state index contributed by atoms with van der Waals surface area (Å²) in [6.07, 6.45) is 4.73. The van der Waals surface area contributed by atoms with Gasteiger partial charge in [0.1, 0.15) is 0 Å². The normalized spacial score (nSPS) is 17.0. The minimum atomic E-state index is -0.398. The van der Waals surface area contributed by atoms with Crippen LogP contribution in [-0.2, 0) is 0 Å². The maximum Gasteiger partial charge on any atom is 0.0963 e. The molecule has 0 bridgehead atoms. The van der Waals surface area contributed by atoms with Gasteiger partial charge in [-0.2, -0.15) is 5.10 Å². The fourth-order valence-corrected chi connectivity index (χ4v) is 2.14. The zero-order valence-electron chi connectivity index (χ0n) is 9.66. The lowest BCUT2D eigenvalue weighted by Gasteiger charge is -2.12. The highest BCUT2D eigenvalue weighted by Crippen LogP contribution is 2.37. The first-order valence-electron chi connectivity index (χ1n) is 6.12. The molecule has 1 aliphatic carbocycles. The van der Waals surface area contributed by atoms with Gasteiger partial charge in [0.15, 0.2) is 0 Å². The molecule has 2 aromatic rings. The van der Waals surface area contributed by atoms with Gasteiger partial charge in [0.05, 0.1) is 17.5 Å². The topological polar surface area (TPSA) is 38.1 Å². The van der Waals surface area contributed by atoms with E-state index in [4.69, 9.17) is 0 Å². The van der Waals surface area contributed by atoms with E-state index in [9.17, 15) is 5.11 Å². The summed E-state index contributed by atoms with van der Waals surface area (Å²) in [4.78, 5) is 0. The Labute approximate surface area is 101 Å². The van der Waals surface area contributed by atoms with E-state index in [1.54, 1.807) is 6.20 Å². The SMILES string of the molecule is OC(CC1CC1)c1ccnn1-c1ccccc1. The minimum Gasteiger partial charge on any atom is -0.387 e. The average molecular weight is 228 g/mol. The zero-order valence-corrected chi connectivity index (χ0v) is 9.66. The molecule has 1 heterocycles. The van der Waals surface area contributed by atoms with E-state index in [2.05, 4.69) is 5.10 Å². The van der Waals surface area contributed by atoms with Crippen LogP contribution in [-0.4, -0.2) is 14.9 Å². The van der Waals surface area contributed by atoms with Gasteiger partial charge in [0.2, 0.25) is 0 Å². The standard InChI is InChI=1S/C14H16N2O/c17-14(10-11-6-7-11)13-8-9-15-16(13)12-4-2-1-3-5-12/h1-5,8-9,11,14,17H,6-7,10H2. The van der Waals surface area contributed by atoms with E-state index in [0.29, 0.717) is 5.92 Å². The Hall–Kier alpha value is -1.61. The lowest BCUT2D eigenvalue weighted by atomic mass is 10.1. The summed E-state index contributed by atoms with van der Waals surface area (Å²) < 4.78 is 1.83. The molecular formula is C14H16N2O. The highest BCUT2D eigenvalue weighted by Gasteiger charge is 2.26. The van der Waals surface area contributed by atoms with Crippen LogP contribution < -0.4 is 0 Å². The van der Waals surface area contributed by atoms with Crippen LogP contribution in [0.15, 0.2) is 42.6 Å². The van der Waals surface area contributed by atoms with Crippen LogP contribution >= 0.6 is 0 Å². The van der Waals surface area contributed by atoms with Crippen molar-refractivity contribution in [2.75, 3.05) is 0 Å². The molecule has 3 heteroatoms. The van der Waals surface area contributed by atoms with Gasteiger partial charge in [-0.05, 0) is 30.5 Å². The first-order chi connectivity index (χ1) is 8.34. The number of benzene rings is 1. The van der Waals surface area contributed by atoms with Gasteiger partial charge in [-0.15, -0.1) is 0 Å². The highest BCUT2D eigenvalue weighted by atomic mass is 16.3. The van der Waals surface area contributed by atoms with Gasteiger partial charge in [0.25, 0.3) is 0 Å². The van der Waals surface area contributed by atoms with Crippen molar-refractivity contribution in [2.45, 2.75) is 25.4 Å². The molecular weight excluding hydrogens is 212 g/mol. The number of aromatic nitrogens is 2. The molecule has 1 aliphatic rings. The summed E-state index contributed by atoms with van der Waals surface area (Å²) >= 11 is 0. The van der Waals surface area contributed by atoms with Gasteiger partial charge in [-0.25, -0.2) is 4.68 Å². The number of para-hydroxylation sites is 1. The minimum absolute atomic E-state index is 0.398. The van der Waals surface area contributed by atoms with Crippen molar-refractivity contribution in [3.63, 3.8) is 0 Å². The van der Waals surface area contributed by atoms with E-state index in [1.807, 2.05) is 41.1 Å². The van der Waals surface area contributed by atoms with Crippen molar-refractivity contribution in [2.24, 2.45) is 5.92 Å². The van der Waals surface area contributed by atoms with Crippen LogP contribution in [0.25, 0.3) is 5.69 Å². The molecule has 0 spiro atoms. The first-order valence-corrected chi connectivity index (χ1v) is 6.12. The van der Waals surface area contributed by atoms with Gasteiger partial charge in [-0.1, -0.05) is 31.0 Å². The Morgan fingerprint density at radius 3 is 2.71 bits per heavy atom. The van der Waals surface area contributed by atoms with Crippen LogP contribution in [0.1, 0.15) is 31.1 Å². The molecule has 0 radical (unpaired) electrons. The third-order valence-electron chi connectivity index (χ3n) is 3.27. The molecule has 3 rings (SSSR count). The predicted octanol–water partition coefficient (Wildman–Crippen LogP) is 2.71. The summed E-state index contributed by atoms with van der Waals surface area (Å²) in [6.45, 7) is 0. The van der Waals surface area contributed by atoms with Crippen molar-refractivity contribution in [3.8, 4) is 5.69 Å². The summed E-state index contributed by atoms with van der Waals surface area (Å²) in [7, 11) is 0. The molecule has 1 N–H and O–H groups in total. The molecule has 88 valence electrons. The van der Waals surface area contributed by atoms with Crippen molar-refractivity contribution < 1.29 is 5.11 Å². The molecule has 1 fully saturated rings. The lowest BCUT2D eigenvalue weighted by molar-refractivity contribution is 0.153. The third kappa shape index (κ3) is 2.24. The molecule has 1 atom stereocenters. The maximum atomic E-state index is 10.2. The maximum absolute atomic E-state index is 10.2. The summed E-state index contributed by atoms with van der Waals surface area (Å²) in [6, 6.07) is 11.8. The molecule has 1 aromatic carbocycles. The number of hydrogen-bond acceptors (Lipinski definition) is 2. The van der Waals surface area contributed by atoms with Crippen LogP contribution in [0, 0.1) is 5.92 Å². The van der Waals surface area contributed by atoms with E-state index >= 15 is 0 Å². The second kappa shape index (κ2) is 4.34. The van der Waals surface area contributed by atoms with E-state index in [0.717, 1.165) is 17.8 Å². The Balaban J connectivity index is 1.88. The van der Waals surface area contributed by atoms with Gasteiger partial charge < -0.3 is 5.11 Å². The molecule has 1 saturated carbocycles. The second-order valence-corrected chi connectivity index (χ2v) is 4.70. The number of aliphatic hydroxyl groups excluding tert-OH is 1. The zero-order chi connectivity index (χ0) is 11.7. The fraction of sp³-hybridized carbons (Fsp3) is 0.357. The fourth-order valence-electron chi connectivity index (χ4n) is 2.14. The molecule has 3 nitrogen and oxygen atoms in total. The van der Waals surface area contributed by atoms with Crippen LogP contribution in [0.5, 0.6) is 0 Å². The number of rotatable bonds is 4. The van der Waals surface area contributed by atoms with Crippen LogP contribution in [0.4, 0.5) is 0 Å². The van der Waals surface area contributed by atoms with E-state index < -0.39 is 6.10 Å². The number of nitrogens with zero attached hydrogens (tertiary/aromatic N) is 2. The smallest absolute Gasteiger partial charge is 0.0963 e. The number of hydrogen-bond donors (Lipinski definition) is 1. The Kier molecular flexibility index (Phi) is 2.69. The molecule has 0 saturated heterocycles. The molecule has 1 aromatic heterocycles. The van der Waals surface area contributed by atoms with Crippen LogP contribution in [0.2, 0.25) is 0 Å². The Bertz CT molecular complexity index is 488. The van der Waals surface area contributed by atoms with Crippen molar-refractivity contribution in [1.82, 2.24) is 9.78 Å². The van der Waals surface area contributed by atoms with E-state index in [-0.39, 0.29) is 0 Å². The van der Waals surface area contributed by atoms with Crippen molar-refractivity contribution >= 4 is 0 Å². The van der Waals surface area contributed by atoms with Gasteiger partial charge in [0, 0.05) is 6.20 Å². The highest BCUT2D eigenvalue weighted by molar-refractivity contribution is 5.32. The van der Waals surface area contributed by atoms with Crippen LogP contribution in [0.3, 0.4) is 0 Å². The quantitative estimate of drug-likeness (QED) is 0.873. The third-order valence-corrected chi connectivity index (χ3v) is 3.27. The summed E-state index contributed by atoms with van der Waals surface area (Å²) in [5.74, 6) is 0.712. The van der Waals surface area contributed by atoms with Gasteiger partial charge in [-0.3, -0.25) is 0 Å². The predicted molar refractivity (Wildman–Crippen MR) is 65.9 cm³/mol. The summed E-state index contributed by atoms with van der Waals surface area (Å²) in [5.41, 5.74) is 1.89. The Morgan fingerprint density at radius 2 is 2.00 bits per heavy atom.